The molecule has 0 saturated carbocycles. The van der Waals surface area contributed by atoms with Crippen LogP contribution < -0.4 is 18.9 Å². The smallest absolute Gasteiger partial charge is 0.137 e. The maximum absolute atomic E-state index is 7.39. The van der Waals surface area contributed by atoms with E-state index in [9.17, 15) is 0 Å². The van der Waals surface area contributed by atoms with Gasteiger partial charge in [-0.05, 0) is 138 Å². The number of ether oxygens (including phenoxy) is 4. The lowest BCUT2D eigenvalue weighted by molar-refractivity contribution is 0.454. The summed E-state index contributed by atoms with van der Waals surface area (Å²) in [6, 6.07) is 60.9. The second-order valence-corrected chi connectivity index (χ2v) is 36.2. The summed E-state index contributed by atoms with van der Waals surface area (Å²) in [4.78, 5) is 19.6. The van der Waals surface area contributed by atoms with E-state index in [0.717, 1.165) is 134 Å². The Hall–Kier alpha value is -9.40. The Morgan fingerprint density at radius 2 is 0.500 bits per heavy atom. The van der Waals surface area contributed by atoms with Gasteiger partial charge in [0.1, 0.15) is 46.0 Å². The molecule has 0 radical (unpaired) electrons. The van der Waals surface area contributed by atoms with Gasteiger partial charge in [-0.15, -0.1) is 0 Å². The highest BCUT2D eigenvalue weighted by molar-refractivity contribution is 6.14. The van der Waals surface area contributed by atoms with E-state index in [1.807, 2.05) is 0 Å². The molecule has 13 rings (SSSR count). The van der Waals surface area contributed by atoms with Crippen molar-refractivity contribution in [2.24, 2.45) is 0 Å². The van der Waals surface area contributed by atoms with Crippen molar-refractivity contribution in [3.8, 4) is 91.0 Å². The normalized spacial score (nSPS) is 13.2. The van der Waals surface area contributed by atoms with Crippen LogP contribution in [0.2, 0.25) is 0 Å². The third-order valence-corrected chi connectivity index (χ3v) is 19.9. The monoisotopic (exact) mass is 1330 g/mol. The first-order chi connectivity index (χ1) is 46.6. The quantitative estimate of drug-likeness (QED) is 0.157. The van der Waals surface area contributed by atoms with E-state index in [1.165, 1.54) is 22.3 Å². The summed E-state index contributed by atoms with van der Waals surface area (Å²) >= 11 is 0. The van der Waals surface area contributed by atoms with Crippen molar-refractivity contribution in [2.75, 3.05) is 0 Å². The Bertz CT molecular complexity index is 4940. The van der Waals surface area contributed by atoms with E-state index in [4.69, 9.17) is 28.9 Å². The van der Waals surface area contributed by atoms with Crippen LogP contribution in [0.5, 0.6) is 46.0 Å². The molecule has 0 fully saturated rings. The van der Waals surface area contributed by atoms with Gasteiger partial charge in [-0.3, -0.25) is 0 Å². The van der Waals surface area contributed by atoms with Crippen LogP contribution in [0, 0.1) is 0 Å². The van der Waals surface area contributed by atoms with Gasteiger partial charge in [-0.2, -0.15) is 0 Å². The number of hydrogen-bond donors (Lipinski definition) is 2. The molecule has 0 saturated heterocycles. The maximum atomic E-state index is 7.39. The lowest BCUT2D eigenvalue weighted by Gasteiger charge is -2.27. The number of fused-ring (bicyclic) bond motifs is 20. The number of benzene rings is 8. The number of aromatic nitrogens is 4. The molecule has 100 heavy (non-hydrogen) atoms. The molecular formula is C92H102N4O4. The van der Waals surface area contributed by atoms with E-state index in [-0.39, 0.29) is 43.3 Å². The molecule has 5 heterocycles. The summed E-state index contributed by atoms with van der Waals surface area (Å²) in [6.45, 7) is 54.3. The number of nitrogens with one attached hydrogen (secondary N) is 2. The molecule has 8 aromatic carbocycles. The highest BCUT2D eigenvalue weighted by Crippen LogP contribution is 2.52. The van der Waals surface area contributed by atoms with Gasteiger partial charge < -0.3 is 28.9 Å². The van der Waals surface area contributed by atoms with Crippen molar-refractivity contribution < 1.29 is 18.9 Å². The van der Waals surface area contributed by atoms with Crippen LogP contribution in [0.15, 0.2) is 170 Å². The molecule has 2 aliphatic rings. The van der Waals surface area contributed by atoms with Crippen molar-refractivity contribution in [1.82, 2.24) is 19.9 Å². The summed E-state index contributed by atoms with van der Waals surface area (Å²) in [6.07, 6.45) is 0. The Morgan fingerprint density at radius 3 is 0.780 bits per heavy atom. The van der Waals surface area contributed by atoms with Crippen molar-refractivity contribution in [3.63, 3.8) is 0 Å². The standard InChI is InChI=1S/C92H102N4O4/c1-85(2,3)53-37-41-73(61(45-53)89(13,14)15)97-77-33-25-29-57-65-50-70-83-59(31-27-35-79(83)99-75-43-39-55(87(7,8)9)47-63(75)91(19,20)21)67(95-70)52-72-84-60(32-28-36-80(84)100-76-44-40-56(88(10,11)12)48-64(76)92(22,23)24)68(96-72)51-71-82-58(66(94-71)49-69(93-65)81(57)77)30-26-34-78(82)98-74-42-38-54(86(4,5)6)46-62(74)90(16,17)18/h25-52,93,96H,1-24H3. The van der Waals surface area contributed by atoms with Gasteiger partial charge in [-0.25, -0.2) is 9.97 Å². The lowest BCUT2D eigenvalue weighted by Crippen LogP contribution is -2.17. The summed E-state index contributed by atoms with van der Waals surface area (Å²) in [5, 5.41) is 3.72. The van der Waals surface area contributed by atoms with Gasteiger partial charge in [0.2, 0.25) is 0 Å². The minimum absolute atomic E-state index is 0.0650. The van der Waals surface area contributed by atoms with Gasteiger partial charge in [0, 0.05) is 55.2 Å². The molecule has 2 N–H and O–H groups in total. The van der Waals surface area contributed by atoms with Crippen LogP contribution in [0.3, 0.4) is 0 Å². The maximum Gasteiger partial charge on any atom is 0.137 e. The Labute approximate surface area is 594 Å². The average molecular weight is 1330 g/mol. The van der Waals surface area contributed by atoms with E-state index in [0.29, 0.717) is 23.0 Å². The van der Waals surface area contributed by atoms with Crippen LogP contribution in [0.1, 0.15) is 211 Å². The third kappa shape index (κ3) is 13.2. The van der Waals surface area contributed by atoms with Crippen molar-refractivity contribution >= 4 is 43.6 Å². The highest BCUT2D eigenvalue weighted by Gasteiger charge is 2.32. The largest absolute Gasteiger partial charge is 0.456 e. The fourth-order valence-electron chi connectivity index (χ4n) is 14.0. The summed E-state index contributed by atoms with van der Waals surface area (Å²) < 4.78 is 29.5. The predicted octanol–water partition coefficient (Wildman–Crippen LogP) is 26.8. The summed E-state index contributed by atoms with van der Waals surface area (Å²) in [7, 11) is 0. The molecule has 11 aromatic rings. The van der Waals surface area contributed by atoms with Gasteiger partial charge >= 0.3 is 0 Å². The number of H-pyrrole nitrogens is 2. The fraction of sp³-hybridized carbons (Fsp3) is 0.348. The number of nitrogens with zero attached hydrogens (tertiary/aromatic N) is 2. The molecule has 0 spiro atoms. The minimum atomic E-state index is -0.235. The van der Waals surface area contributed by atoms with Crippen LogP contribution in [-0.4, -0.2) is 19.9 Å². The Kier molecular flexibility index (Phi) is 16.7. The van der Waals surface area contributed by atoms with Crippen molar-refractivity contribution in [2.45, 2.75) is 209 Å². The molecule has 0 atom stereocenters. The van der Waals surface area contributed by atoms with E-state index in [1.54, 1.807) is 0 Å². The van der Waals surface area contributed by atoms with Crippen molar-refractivity contribution in [3.05, 3.63) is 214 Å². The zero-order valence-electron chi connectivity index (χ0n) is 63.7. The van der Waals surface area contributed by atoms with Crippen LogP contribution in [-0.2, 0) is 43.3 Å². The molecule has 2 aliphatic heterocycles. The SMILES string of the molecule is CC(C)(C)c1ccc(Oc2cccc3c2-c2cc4[nH]c(cc5nc(cc6[nH]c(cc-3n2)c2c(Oc3ccc(C(C)(C)C)cc3C(C)(C)C)cccc62)-c2c(Oc3ccc(C(C)(C)C)cc3C(C)(C)C)cccc2-5)c2c(Oc3ccc(C(C)(C)C)cc3C(C)(C)C)cccc42)c(C(C)(C)C)c1. The third-order valence-electron chi connectivity index (χ3n) is 19.9. The zero-order valence-corrected chi connectivity index (χ0v) is 63.7. The fourth-order valence-corrected chi connectivity index (χ4v) is 14.0. The number of hydrogen-bond acceptors (Lipinski definition) is 6. The molecule has 8 bridgehead atoms. The summed E-state index contributed by atoms with van der Waals surface area (Å²) in [5.74, 6) is 6.03. The minimum Gasteiger partial charge on any atom is -0.456 e. The molecule has 8 heteroatoms. The average Bonchev–Trinajstić information content (AvgIpc) is 1.58. The Morgan fingerprint density at radius 1 is 0.240 bits per heavy atom. The van der Waals surface area contributed by atoms with Gasteiger partial charge in [0.25, 0.3) is 0 Å². The van der Waals surface area contributed by atoms with E-state index >= 15 is 0 Å². The first-order valence-electron chi connectivity index (χ1n) is 35.8. The molecule has 0 amide bonds. The van der Waals surface area contributed by atoms with Crippen LogP contribution in [0.4, 0.5) is 0 Å². The summed E-state index contributed by atoms with van der Waals surface area (Å²) in [5.41, 5.74) is 18.3. The van der Waals surface area contributed by atoms with E-state index < -0.39 is 0 Å². The predicted molar refractivity (Wildman–Crippen MR) is 421 cm³/mol. The topological polar surface area (TPSA) is 94.3 Å². The number of aromatic amines is 2. The number of rotatable bonds is 8. The molecule has 3 aromatic heterocycles. The first kappa shape index (κ1) is 69.1. The Balaban J connectivity index is 1.14. The van der Waals surface area contributed by atoms with Crippen LogP contribution in [0.25, 0.3) is 88.6 Å². The van der Waals surface area contributed by atoms with Gasteiger partial charge in [0.05, 0.1) is 55.7 Å². The van der Waals surface area contributed by atoms with E-state index in [2.05, 4.69) is 346 Å². The highest BCUT2D eigenvalue weighted by atomic mass is 16.5. The first-order valence-corrected chi connectivity index (χ1v) is 35.8. The van der Waals surface area contributed by atoms with Crippen LogP contribution >= 0.6 is 0 Å². The molecule has 0 unspecified atom stereocenters. The van der Waals surface area contributed by atoms with Gasteiger partial charge in [0.15, 0.2) is 0 Å². The zero-order chi connectivity index (χ0) is 71.9. The second-order valence-electron chi connectivity index (χ2n) is 36.2. The lowest BCUT2D eigenvalue weighted by atomic mass is 9.80. The molecule has 8 nitrogen and oxygen atoms in total. The van der Waals surface area contributed by atoms with Gasteiger partial charge in [-0.1, -0.05) is 263 Å². The van der Waals surface area contributed by atoms with Crippen molar-refractivity contribution in [1.29, 1.82) is 0 Å². The second kappa shape index (κ2) is 24.2. The molecular weight excluding hydrogens is 1230 g/mol. The molecule has 514 valence electrons. The molecule has 0 aliphatic carbocycles.